The Morgan fingerprint density at radius 1 is 0.489 bits per heavy atom. The topological polar surface area (TPSA) is 360 Å². The minimum absolute atomic E-state index is 0.000787. The molecule has 90 heavy (non-hydrogen) atoms. The Kier molecular flexibility index (Phi) is 26.8. The van der Waals surface area contributed by atoms with Gasteiger partial charge in [-0.15, -0.1) is 0 Å². The summed E-state index contributed by atoms with van der Waals surface area (Å²) in [6.07, 6.45) is 12.9. The van der Waals surface area contributed by atoms with Gasteiger partial charge in [0.1, 0.15) is 6.23 Å². The molecule has 5 aliphatic heterocycles. The molecule has 9 N–H and O–H groups in total. The molecule has 20 atom stereocenters. The van der Waals surface area contributed by atoms with E-state index in [0.29, 0.717) is 40.2 Å². The highest BCUT2D eigenvalue weighted by Gasteiger charge is 2.53. The van der Waals surface area contributed by atoms with Gasteiger partial charge in [0.25, 0.3) is 0 Å². The third-order valence-electron chi connectivity index (χ3n) is 20.9. The quantitative estimate of drug-likeness (QED) is 0.0716. The highest BCUT2D eigenvalue weighted by atomic mass is 28.4. The number of ether oxygens (including phenoxy) is 9. The molecule has 0 amide bonds. The molecule has 5 heterocycles. The molecule has 0 aromatic heterocycles. The number of rotatable bonds is 13. The zero-order chi connectivity index (χ0) is 66.5. The van der Waals surface area contributed by atoms with Gasteiger partial charge >= 0.3 is 35.8 Å². The van der Waals surface area contributed by atoms with E-state index in [9.17, 15) is 64.5 Å². The summed E-state index contributed by atoms with van der Waals surface area (Å²) in [4.78, 5) is 69.2. The Bertz CT molecular complexity index is 2490. The highest BCUT2D eigenvalue weighted by Crippen LogP contribution is 2.51. The molecule has 26 heteroatoms. The molecule has 5 saturated carbocycles. The molecule has 0 saturated heterocycles. The van der Waals surface area contributed by atoms with Crippen molar-refractivity contribution in [2.24, 2.45) is 88.8 Å². The van der Waals surface area contributed by atoms with Crippen molar-refractivity contribution in [2.75, 3.05) is 68.6 Å². The monoisotopic (exact) mass is 1290 g/mol. The number of carbonyl (C=O) groups excluding carboxylic acids is 6. The van der Waals surface area contributed by atoms with Gasteiger partial charge in [-0.2, -0.15) is 0 Å². The largest absolute Gasteiger partial charge is 0.473 e. The molecule has 5 fully saturated rings. The standard InChI is InChI=1S/C17H30O5Si.C13H18O6.C12H19NO3.C11H17NO4.C11H16O5/c1-17(2,3)23(5,6)22-16-14-11(9-18)7-8-12(14)13(10-21-16)15(19)20-4;1-7(14)18-5-8-3-4-9-10(12(15)17-2)6-19-13(16)11(8)9;1-7-11-8(6-14)3-4-9(11)10(5-13-7)12(15)16-2;1-16-11(15)8-4-12-10(14)9-6(5-13)2-3-7(8)9;1-15-10(13)8-5-16-11(14)9-6(4-12)2-3-7(8)9/h10-12,14,16,18H,7-9H2,1-6H3;6,8-9,11,13,16H,3-5H2,1-2H3;5,7-9,11,13-14H,3-4,6H2,1-2H3;4,6-7,9-10,12-14H,2-3,5H2,1H3;5-7,9,11-12,14H,2-4H2,1H3/t11?,12-,14-,16+;8?,9-,11-,13-;7-,8?,9+,11+;6?,7-,9-,10+;6?,7-,9-,11-/m11011/s1. The number of hydrogen-bond acceptors (Lipinski definition) is 25. The Morgan fingerprint density at radius 3 is 1.23 bits per heavy atom. The average molecular weight is 1290 g/mol. The van der Waals surface area contributed by atoms with E-state index in [1.54, 1.807) is 6.20 Å². The van der Waals surface area contributed by atoms with E-state index in [2.05, 4.69) is 56.2 Å². The third kappa shape index (κ3) is 16.6. The molecule has 10 aliphatic rings. The first-order chi connectivity index (χ1) is 42.7. The number of aliphatic hydroxyl groups is 7. The van der Waals surface area contributed by atoms with Crippen LogP contribution in [0.1, 0.15) is 98.8 Å². The van der Waals surface area contributed by atoms with E-state index in [1.165, 1.54) is 67.5 Å². The Morgan fingerprint density at radius 2 is 0.822 bits per heavy atom. The lowest BCUT2D eigenvalue weighted by Gasteiger charge is -2.43. The molecular weight excluding hydrogens is 1190 g/mol. The van der Waals surface area contributed by atoms with Crippen molar-refractivity contribution in [3.05, 3.63) is 59.1 Å². The molecule has 0 aromatic rings. The normalized spacial score (nSPS) is 34.8. The summed E-state index contributed by atoms with van der Waals surface area (Å²) in [6.45, 7) is 15.0. The summed E-state index contributed by atoms with van der Waals surface area (Å²) in [5, 5.41) is 73.0. The number of fused-ring (bicyclic) bond motifs is 5. The van der Waals surface area contributed by atoms with Crippen LogP contribution in [0.2, 0.25) is 18.1 Å². The zero-order valence-corrected chi connectivity index (χ0v) is 55.2. The molecule has 508 valence electrons. The van der Waals surface area contributed by atoms with E-state index in [4.69, 9.17) is 42.3 Å². The Labute approximate surface area is 529 Å². The molecule has 0 aromatic carbocycles. The summed E-state index contributed by atoms with van der Waals surface area (Å²) < 4.78 is 51.2. The fourth-order valence-electron chi connectivity index (χ4n) is 15.1. The van der Waals surface area contributed by atoms with Crippen LogP contribution in [0, 0.1) is 88.8 Å². The van der Waals surface area contributed by atoms with Crippen molar-refractivity contribution >= 4 is 44.1 Å². The molecule has 5 aliphatic carbocycles. The predicted octanol–water partition coefficient (Wildman–Crippen LogP) is 3.95. The molecule has 10 rings (SSSR count). The number of methoxy groups -OCH3 is 5. The summed E-state index contributed by atoms with van der Waals surface area (Å²) in [7, 11) is 4.78. The van der Waals surface area contributed by atoms with E-state index in [-0.39, 0.29) is 139 Å². The second-order valence-electron chi connectivity index (χ2n) is 26.5. The Balaban J connectivity index is 0.000000180. The molecule has 25 nitrogen and oxygen atoms in total. The maximum atomic E-state index is 12.0. The van der Waals surface area contributed by atoms with Gasteiger partial charge in [-0.05, 0) is 131 Å². The van der Waals surface area contributed by atoms with Gasteiger partial charge in [0, 0.05) is 99.1 Å². The molecular formula is C64H100N2O23Si. The van der Waals surface area contributed by atoms with Crippen molar-refractivity contribution in [3.63, 3.8) is 0 Å². The van der Waals surface area contributed by atoms with Crippen LogP contribution in [0.15, 0.2) is 59.1 Å². The van der Waals surface area contributed by atoms with Crippen LogP contribution in [0.25, 0.3) is 0 Å². The maximum Gasteiger partial charge on any atom is 0.337 e. The first kappa shape index (κ1) is 73.5. The van der Waals surface area contributed by atoms with Gasteiger partial charge in [0.05, 0.1) is 88.8 Å². The van der Waals surface area contributed by atoms with Gasteiger partial charge in [-0.3, -0.25) is 4.79 Å². The summed E-state index contributed by atoms with van der Waals surface area (Å²) in [5.74, 6) is -1.73. The summed E-state index contributed by atoms with van der Waals surface area (Å²) in [6, 6.07) is 0.318. The Hall–Kier alpha value is -5.58. The molecule has 0 bridgehead atoms. The molecule has 0 spiro atoms. The van der Waals surface area contributed by atoms with Gasteiger partial charge in [-0.25, -0.2) is 24.0 Å². The number of esters is 6. The van der Waals surface area contributed by atoms with E-state index >= 15 is 0 Å². The first-order valence-electron chi connectivity index (χ1n) is 31.4. The zero-order valence-electron chi connectivity index (χ0n) is 54.2. The first-order valence-corrected chi connectivity index (χ1v) is 34.3. The number of carbonyl (C=O) groups is 6. The van der Waals surface area contributed by atoms with Crippen LogP contribution in [0.4, 0.5) is 0 Å². The average Bonchev–Trinajstić information content (AvgIpc) is 1.60. The van der Waals surface area contributed by atoms with E-state index in [1.807, 2.05) is 0 Å². The lowest BCUT2D eigenvalue weighted by molar-refractivity contribution is -0.153. The summed E-state index contributed by atoms with van der Waals surface area (Å²) >= 11 is 0. The van der Waals surface area contributed by atoms with Crippen molar-refractivity contribution in [2.45, 2.75) is 148 Å². The maximum absolute atomic E-state index is 12.0. The van der Waals surface area contributed by atoms with Crippen LogP contribution in [0.3, 0.4) is 0 Å². The van der Waals surface area contributed by atoms with Gasteiger partial charge in [0.2, 0.25) is 0 Å². The van der Waals surface area contributed by atoms with Crippen LogP contribution in [0.5, 0.6) is 0 Å². The van der Waals surface area contributed by atoms with Crippen LogP contribution in [-0.2, 0) is 75.8 Å². The van der Waals surface area contributed by atoms with Crippen LogP contribution in [-0.4, -0.2) is 180 Å². The van der Waals surface area contributed by atoms with Gasteiger partial charge in [-0.1, -0.05) is 20.8 Å². The predicted molar refractivity (Wildman–Crippen MR) is 323 cm³/mol. The minimum atomic E-state index is -2.00. The lowest BCUT2D eigenvalue weighted by Crippen LogP contribution is -2.49. The molecule has 5 unspecified atom stereocenters. The summed E-state index contributed by atoms with van der Waals surface area (Å²) in [5.41, 5.74) is 2.80. The second kappa shape index (κ2) is 32.8. The minimum Gasteiger partial charge on any atom is -0.473 e. The SMILES string of the molecule is COC(=O)C1=CN[C@@H](C)[C@@H]2C(CO)CC[C@H]12.COC(=O)C1=CN[C@@H](O)[C@@H]2C(CO)CC[C@H]12.COC(=O)C1=CO[C@@H](O)[C@@H]2C(CO)CC[C@H]12.COC(=O)C1=CO[C@@H](O)[C@@H]2C(COC(C)=O)CC[C@H]12.COC(=O)C1=CO[C@@H](O[Si](C)(C)C(C)(C)C)[C@@H]2C(CO)CC[C@H]12. The van der Waals surface area contributed by atoms with Crippen LogP contribution < -0.4 is 10.6 Å². The fraction of sp³-hybridized carbons (Fsp3) is 0.750. The van der Waals surface area contributed by atoms with E-state index < -0.39 is 45.4 Å². The van der Waals surface area contributed by atoms with Crippen molar-refractivity contribution in [1.82, 2.24) is 10.6 Å². The van der Waals surface area contributed by atoms with E-state index in [0.717, 1.165) is 69.8 Å². The fourth-order valence-corrected chi connectivity index (χ4v) is 16.3. The van der Waals surface area contributed by atoms with Crippen molar-refractivity contribution in [3.8, 4) is 0 Å². The van der Waals surface area contributed by atoms with Crippen molar-refractivity contribution < 1.29 is 112 Å². The smallest absolute Gasteiger partial charge is 0.337 e. The lowest BCUT2D eigenvalue weighted by atomic mass is 9.78. The number of hydrogen-bond donors (Lipinski definition) is 9. The van der Waals surface area contributed by atoms with Crippen molar-refractivity contribution in [1.29, 1.82) is 0 Å². The third-order valence-corrected chi connectivity index (χ3v) is 25.3. The van der Waals surface area contributed by atoms with Crippen LogP contribution >= 0.6 is 0 Å². The highest BCUT2D eigenvalue weighted by molar-refractivity contribution is 6.74. The second-order valence-corrected chi connectivity index (χ2v) is 31.3. The van der Waals surface area contributed by atoms with Gasteiger partial charge < -0.3 is 93.4 Å². The number of aliphatic hydroxyl groups excluding tert-OH is 7. The molecule has 0 radical (unpaired) electrons. The number of nitrogens with one attached hydrogen (secondary N) is 2. The van der Waals surface area contributed by atoms with Gasteiger partial charge in [0.15, 0.2) is 27.2 Å².